The lowest BCUT2D eigenvalue weighted by Gasteiger charge is -2.32. The molecule has 122 valence electrons. The maximum atomic E-state index is 11.5. The first-order valence-electron chi connectivity index (χ1n) is 7.15. The molecule has 0 radical (unpaired) electrons. The minimum absolute atomic E-state index is 0.0243. The third kappa shape index (κ3) is 3.47. The molecule has 1 saturated heterocycles. The molecule has 0 atom stereocenters. The summed E-state index contributed by atoms with van der Waals surface area (Å²) in [5, 5.41) is 0. The Morgan fingerprint density at radius 2 is 1.68 bits per heavy atom. The van der Waals surface area contributed by atoms with Gasteiger partial charge in [-0.3, -0.25) is 0 Å². The SMILES string of the molecule is COc1ccc(CS(C)(=O)=O)cc1B1OC(C)(C)C(C)(C)O1. The van der Waals surface area contributed by atoms with E-state index in [2.05, 4.69) is 0 Å². The Morgan fingerprint density at radius 1 is 1.14 bits per heavy atom. The van der Waals surface area contributed by atoms with Gasteiger partial charge in [-0.1, -0.05) is 12.1 Å². The number of ether oxygens (including phenoxy) is 1. The van der Waals surface area contributed by atoms with Crippen LogP contribution in [0.15, 0.2) is 18.2 Å². The lowest BCUT2D eigenvalue weighted by molar-refractivity contribution is 0.00578. The van der Waals surface area contributed by atoms with E-state index in [0.717, 1.165) is 0 Å². The fourth-order valence-corrected chi connectivity index (χ4v) is 3.12. The molecule has 0 unspecified atom stereocenters. The average Bonchev–Trinajstić information content (AvgIpc) is 2.56. The van der Waals surface area contributed by atoms with Crippen LogP contribution in [-0.2, 0) is 24.9 Å². The molecule has 1 aliphatic heterocycles. The van der Waals surface area contributed by atoms with Gasteiger partial charge in [-0.2, -0.15) is 0 Å². The first-order valence-corrected chi connectivity index (χ1v) is 9.21. The number of hydrogen-bond donors (Lipinski definition) is 0. The van der Waals surface area contributed by atoms with Gasteiger partial charge in [-0.15, -0.1) is 0 Å². The molecule has 1 aromatic carbocycles. The van der Waals surface area contributed by atoms with Crippen molar-refractivity contribution < 1.29 is 22.5 Å². The normalized spacial score (nSPS) is 20.2. The predicted molar refractivity (Wildman–Crippen MR) is 87.3 cm³/mol. The zero-order valence-corrected chi connectivity index (χ0v) is 14.8. The van der Waals surface area contributed by atoms with Crippen LogP contribution in [0.1, 0.15) is 33.3 Å². The van der Waals surface area contributed by atoms with E-state index in [1.165, 1.54) is 6.26 Å². The van der Waals surface area contributed by atoms with Gasteiger partial charge in [0.1, 0.15) is 5.75 Å². The summed E-state index contributed by atoms with van der Waals surface area (Å²) < 4.78 is 40.4. The van der Waals surface area contributed by atoms with E-state index in [9.17, 15) is 8.42 Å². The van der Waals surface area contributed by atoms with Crippen LogP contribution in [0.3, 0.4) is 0 Å². The van der Waals surface area contributed by atoms with Crippen molar-refractivity contribution in [2.45, 2.75) is 44.6 Å². The zero-order valence-electron chi connectivity index (χ0n) is 14.0. The summed E-state index contributed by atoms with van der Waals surface area (Å²) in [5.41, 5.74) is 0.473. The molecular weight excluding hydrogens is 303 g/mol. The molecule has 7 heteroatoms. The van der Waals surface area contributed by atoms with Crippen LogP contribution in [0, 0.1) is 0 Å². The standard InChI is InChI=1S/C15H23BO5S/c1-14(2)15(3,4)21-16(20-14)12-9-11(10-22(6,17)18)7-8-13(12)19-5/h7-9H,10H2,1-6H3. The van der Waals surface area contributed by atoms with Crippen LogP contribution in [0.25, 0.3) is 0 Å². The second-order valence-electron chi connectivity index (χ2n) is 6.73. The molecule has 1 heterocycles. The van der Waals surface area contributed by atoms with Crippen molar-refractivity contribution in [2.75, 3.05) is 13.4 Å². The van der Waals surface area contributed by atoms with Crippen molar-refractivity contribution in [3.8, 4) is 5.75 Å². The van der Waals surface area contributed by atoms with E-state index in [-0.39, 0.29) is 5.75 Å². The summed E-state index contributed by atoms with van der Waals surface area (Å²) >= 11 is 0. The first kappa shape index (κ1) is 17.3. The molecular formula is C15H23BO5S. The quantitative estimate of drug-likeness (QED) is 0.786. The highest BCUT2D eigenvalue weighted by molar-refractivity contribution is 7.89. The molecule has 1 aromatic rings. The highest BCUT2D eigenvalue weighted by Gasteiger charge is 2.52. The third-order valence-electron chi connectivity index (χ3n) is 4.23. The van der Waals surface area contributed by atoms with E-state index in [1.54, 1.807) is 25.3 Å². The minimum Gasteiger partial charge on any atom is -0.497 e. The van der Waals surface area contributed by atoms with Gasteiger partial charge in [0.15, 0.2) is 9.84 Å². The van der Waals surface area contributed by atoms with Gasteiger partial charge >= 0.3 is 7.12 Å². The Hall–Kier alpha value is -1.05. The Kier molecular flexibility index (Phi) is 4.36. The van der Waals surface area contributed by atoms with Gasteiger partial charge in [-0.05, 0) is 39.3 Å². The number of sulfone groups is 1. The Labute approximate surface area is 133 Å². The first-order chi connectivity index (χ1) is 9.95. The smallest absolute Gasteiger partial charge is 0.497 e. The van der Waals surface area contributed by atoms with Crippen LogP contribution in [-0.4, -0.2) is 40.1 Å². The van der Waals surface area contributed by atoms with Crippen molar-refractivity contribution in [3.05, 3.63) is 23.8 Å². The Morgan fingerprint density at radius 3 is 2.14 bits per heavy atom. The molecule has 1 fully saturated rings. The number of benzene rings is 1. The van der Waals surface area contributed by atoms with Crippen molar-refractivity contribution in [1.29, 1.82) is 0 Å². The lowest BCUT2D eigenvalue weighted by atomic mass is 9.77. The van der Waals surface area contributed by atoms with Gasteiger partial charge < -0.3 is 14.0 Å². The molecule has 0 N–H and O–H groups in total. The Bertz CT molecular complexity index is 651. The van der Waals surface area contributed by atoms with Crippen LogP contribution >= 0.6 is 0 Å². The second kappa shape index (κ2) is 5.55. The van der Waals surface area contributed by atoms with E-state index >= 15 is 0 Å². The topological polar surface area (TPSA) is 61.8 Å². The maximum absolute atomic E-state index is 11.5. The van der Waals surface area contributed by atoms with Crippen LogP contribution in [0.2, 0.25) is 0 Å². The highest BCUT2D eigenvalue weighted by Crippen LogP contribution is 2.37. The van der Waals surface area contributed by atoms with Gasteiger partial charge in [0.05, 0.1) is 24.1 Å². The van der Waals surface area contributed by atoms with Crippen molar-refractivity contribution >= 4 is 22.4 Å². The van der Waals surface area contributed by atoms with Crippen LogP contribution in [0.4, 0.5) is 0 Å². The summed E-state index contributed by atoms with van der Waals surface area (Å²) in [4.78, 5) is 0. The molecule has 1 aliphatic rings. The fraction of sp³-hybridized carbons (Fsp3) is 0.600. The molecule has 0 spiro atoms. The van der Waals surface area contributed by atoms with Crippen LogP contribution < -0.4 is 10.2 Å². The van der Waals surface area contributed by atoms with E-state index in [0.29, 0.717) is 16.8 Å². The van der Waals surface area contributed by atoms with E-state index < -0.39 is 28.2 Å². The third-order valence-corrected chi connectivity index (χ3v) is 5.09. The maximum Gasteiger partial charge on any atom is 0.498 e. The van der Waals surface area contributed by atoms with Gasteiger partial charge in [-0.25, -0.2) is 8.42 Å². The number of methoxy groups -OCH3 is 1. The highest BCUT2D eigenvalue weighted by atomic mass is 32.2. The summed E-state index contributed by atoms with van der Waals surface area (Å²) in [7, 11) is -2.12. The average molecular weight is 326 g/mol. The van der Waals surface area contributed by atoms with E-state index in [1.807, 2.05) is 27.7 Å². The van der Waals surface area contributed by atoms with Crippen molar-refractivity contribution in [3.63, 3.8) is 0 Å². The monoisotopic (exact) mass is 326 g/mol. The summed E-state index contributed by atoms with van der Waals surface area (Å²) in [5.74, 6) is 0.597. The largest absolute Gasteiger partial charge is 0.498 e. The zero-order chi connectivity index (χ0) is 16.8. The molecule has 2 rings (SSSR count). The molecule has 0 bridgehead atoms. The van der Waals surface area contributed by atoms with Crippen molar-refractivity contribution in [1.82, 2.24) is 0 Å². The van der Waals surface area contributed by atoms with Crippen LogP contribution in [0.5, 0.6) is 5.75 Å². The van der Waals surface area contributed by atoms with Crippen molar-refractivity contribution in [2.24, 2.45) is 0 Å². The summed E-state index contributed by atoms with van der Waals surface area (Å²) in [6.07, 6.45) is 1.21. The minimum atomic E-state index is -3.11. The number of rotatable bonds is 4. The summed E-state index contributed by atoms with van der Waals surface area (Å²) in [6, 6.07) is 5.28. The fourth-order valence-electron chi connectivity index (χ4n) is 2.33. The second-order valence-corrected chi connectivity index (χ2v) is 8.87. The molecule has 0 saturated carbocycles. The molecule has 0 aromatic heterocycles. The van der Waals surface area contributed by atoms with Gasteiger partial charge in [0.2, 0.25) is 0 Å². The van der Waals surface area contributed by atoms with Gasteiger partial charge in [0, 0.05) is 11.7 Å². The molecule has 0 aliphatic carbocycles. The molecule has 5 nitrogen and oxygen atoms in total. The molecule has 22 heavy (non-hydrogen) atoms. The lowest BCUT2D eigenvalue weighted by Crippen LogP contribution is -2.41. The predicted octanol–water partition coefficient (Wildman–Crippen LogP) is 1.54. The molecule has 0 amide bonds. The summed E-state index contributed by atoms with van der Waals surface area (Å²) in [6.45, 7) is 7.89. The Balaban J connectivity index is 2.40. The van der Waals surface area contributed by atoms with E-state index in [4.69, 9.17) is 14.0 Å². The van der Waals surface area contributed by atoms with Gasteiger partial charge in [0.25, 0.3) is 0 Å². The number of hydrogen-bond acceptors (Lipinski definition) is 5.